The van der Waals surface area contributed by atoms with Gasteiger partial charge in [-0.3, -0.25) is 9.59 Å². The van der Waals surface area contributed by atoms with Crippen LogP contribution in [0, 0.1) is 5.92 Å². The molecule has 2 amide bonds. The van der Waals surface area contributed by atoms with E-state index < -0.39 is 0 Å². The minimum atomic E-state index is -0.0139. The maximum absolute atomic E-state index is 12.5. The van der Waals surface area contributed by atoms with Gasteiger partial charge in [-0.2, -0.15) is 0 Å². The fraction of sp³-hybridized carbons (Fsp3) is 0.391. The Morgan fingerprint density at radius 3 is 2.34 bits per heavy atom. The van der Waals surface area contributed by atoms with Crippen molar-refractivity contribution in [2.75, 3.05) is 33.9 Å². The number of carbonyl (C=O) groups excluding carboxylic acids is 2. The third kappa shape index (κ3) is 5.50. The number of rotatable bonds is 7. The van der Waals surface area contributed by atoms with Crippen molar-refractivity contribution in [3.8, 4) is 11.5 Å². The second-order valence-electron chi connectivity index (χ2n) is 7.27. The zero-order chi connectivity index (χ0) is 20.6. The van der Waals surface area contributed by atoms with Gasteiger partial charge in [-0.1, -0.05) is 24.3 Å². The van der Waals surface area contributed by atoms with E-state index in [1.54, 1.807) is 20.3 Å². The Kier molecular flexibility index (Phi) is 7.11. The van der Waals surface area contributed by atoms with Crippen molar-refractivity contribution in [2.24, 2.45) is 5.92 Å². The van der Waals surface area contributed by atoms with Crippen molar-refractivity contribution >= 4 is 11.8 Å². The molecule has 2 aromatic rings. The highest BCUT2D eigenvalue weighted by atomic mass is 16.5. The van der Waals surface area contributed by atoms with Crippen molar-refractivity contribution in [2.45, 2.75) is 19.3 Å². The van der Waals surface area contributed by atoms with Gasteiger partial charge in [-0.25, -0.2) is 0 Å². The summed E-state index contributed by atoms with van der Waals surface area (Å²) in [7, 11) is 3.17. The fourth-order valence-electron chi connectivity index (χ4n) is 3.60. The summed E-state index contributed by atoms with van der Waals surface area (Å²) in [6, 6.07) is 14.9. The average Bonchev–Trinajstić information content (AvgIpc) is 2.78. The lowest BCUT2D eigenvalue weighted by Gasteiger charge is -2.32. The molecular formula is C23H28N2O4. The molecule has 0 saturated carbocycles. The monoisotopic (exact) mass is 396 g/mol. The number of methoxy groups -OCH3 is 2. The van der Waals surface area contributed by atoms with Gasteiger partial charge in [0.2, 0.25) is 5.91 Å². The van der Waals surface area contributed by atoms with Gasteiger partial charge in [-0.15, -0.1) is 0 Å². The van der Waals surface area contributed by atoms with Crippen LogP contribution in [0.3, 0.4) is 0 Å². The number of ether oxygens (including phenoxy) is 2. The summed E-state index contributed by atoms with van der Waals surface area (Å²) in [5.74, 6) is 1.73. The molecule has 1 aliphatic heterocycles. The van der Waals surface area contributed by atoms with Crippen molar-refractivity contribution in [3.05, 3.63) is 59.7 Å². The molecule has 2 aromatic carbocycles. The van der Waals surface area contributed by atoms with E-state index >= 15 is 0 Å². The van der Waals surface area contributed by atoms with Crippen molar-refractivity contribution in [1.82, 2.24) is 10.2 Å². The minimum Gasteiger partial charge on any atom is -0.493 e. The van der Waals surface area contributed by atoms with Crippen LogP contribution in [0.25, 0.3) is 0 Å². The molecule has 0 aliphatic carbocycles. The van der Waals surface area contributed by atoms with Gasteiger partial charge in [-0.05, 0) is 48.6 Å². The van der Waals surface area contributed by atoms with Gasteiger partial charge in [0.05, 0.1) is 20.6 Å². The average molecular weight is 396 g/mol. The summed E-state index contributed by atoms with van der Waals surface area (Å²) in [5, 5.41) is 3.03. The number of nitrogens with zero attached hydrogens (tertiary/aromatic N) is 1. The Morgan fingerprint density at radius 2 is 1.69 bits per heavy atom. The van der Waals surface area contributed by atoms with E-state index in [0.29, 0.717) is 30.4 Å². The number of amides is 2. The van der Waals surface area contributed by atoms with E-state index in [4.69, 9.17) is 9.47 Å². The summed E-state index contributed by atoms with van der Waals surface area (Å²) in [5.41, 5.74) is 1.61. The molecule has 1 aliphatic rings. The number of hydrogen-bond acceptors (Lipinski definition) is 4. The maximum atomic E-state index is 12.5. The molecular weight excluding hydrogens is 368 g/mol. The number of hydrogen-bond donors (Lipinski definition) is 1. The Balaban J connectivity index is 1.43. The lowest BCUT2D eigenvalue weighted by Crippen LogP contribution is -2.41. The second-order valence-corrected chi connectivity index (χ2v) is 7.27. The summed E-state index contributed by atoms with van der Waals surface area (Å²) in [6.07, 6.45) is 2.09. The smallest absolute Gasteiger partial charge is 0.253 e. The first-order valence-electron chi connectivity index (χ1n) is 9.92. The van der Waals surface area contributed by atoms with Crippen LogP contribution in [-0.4, -0.2) is 50.6 Å². The predicted molar refractivity (Wildman–Crippen MR) is 111 cm³/mol. The van der Waals surface area contributed by atoms with Crippen molar-refractivity contribution < 1.29 is 19.1 Å². The molecule has 3 rings (SSSR count). The van der Waals surface area contributed by atoms with Crippen LogP contribution in [-0.2, 0) is 11.2 Å². The van der Waals surface area contributed by atoms with Gasteiger partial charge in [0.25, 0.3) is 5.91 Å². The normalized spacial score (nSPS) is 14.3. The van der Waals surface area contributed by atoms with Crippen molar-refractivity contribution in [1.29, 1.82) is 0 Å². The first-order chi connectivity index (χ1) is 14.1. The zero-order valence-electron chi connectivity index (χ0n) is 17.0. The summed E-state index contributed by atoms with van der Waals surface area (Å²) >= 11 is 0. The molecule has 6 heteroatoms. The minimum absolute atomic E-state index is 0.0139. The van der Waals surface area contributed by atoms with E-state index in [0.717, 1.165) is 37.1 Å². The quantitative estimate of drug-likeness (QED) is 0.781. The lowest BCUT2D eigenvalue weighted by molar-refractivity contribution is -0.120. The highest BCUT2D eigenvalue weighted by molar-refractivity contribution is 5.94. The lowest BCUT2D eigenvalue weighted by atomic mass is 9.96. The molecule has 0 bridgehead atoms. The predicted octanol–water partition coefficient (Wildman–Crippen LogP) is 2.91. The maximum Gasteiger partial charge on any atom is 0.253 e. The Morgan fingerprint density at radius 1 is 1.00 bits per heavy atom. The highest BCUT2D eigenvalue weighted by Gasteiger charge is 2.23. The van der Waals surface area contributed by atoms with Gasteiger partial charge in [0, 0.05) is 25.2 Å². The number of likely N-dealkylation sites (tertiary alicyclic amines) is 1. The number of piperidine rings is 1. The van der Waals surface area contributed by atoms with Gasteiger partial charge >= 0.3 is 0 Å². The summed E-state index contributed by atoms with van der Waals surface area (Å²) in [4.78, 5) is 26.7. The van der Waals surface area contributed by atoms with Crippen LogP contribution in [0.2, 0.25) is 0 Å². The molecule has 0 radical (unpaired) electrons. The van der Waals surface area contributed by atoms with Crippen LogP contribution < -0.4 is 14.8 Å². The molecule has 1 N–H and O–H groups in total. The van der Waals surface area contributed by atoms with Gasteiger partial charge in [0.15, 0.2) is 11.5 Å². The molecule has 154 valence electrons. The SMILES string of the molecule is COc1ccc(CC(=O)NCC2CCN(C(=O)c3ccccc3)CC2)cc1OC. The van der Waals surface area contributed by atoms with Crippen LogP contribution in [0.1, 0.15) is 28.8 Å². The van der Waals surface area contributed by atoms with Gasteiger partial charge in [0.1, 0.15) is 0 Å². The first kappa shape index (κ1) is 20.7. The number of nitrogens with one attached hydrogen (secondary N) is 1. The Hall–Kier alpha value is -3.02. The zero-order valence-corrected chi connectivity index (χ0v) is 17.0. The van der Waals surface area contributed by atoms with E-state index in [1.165, 1.54) is 0 Å². The van der Waals surface area contributed by atoms with E-state index in [2.05, 4.69) is 5.32 Å². The first-order valence-corrected chi connectivity index (χ1v) is 9.92. The molecule has 0 aromatic heterocycles. The summed E-state index contributed by atoms with van der Waals surface area (Å²) < 4.78 is 10.5. The molecule has 0 spiro atoms. The van der Waals surface area contributed by atoms with Crippen LogP contribution >= 0.6 is 0 Å². The third-order valence-electron chi connectivity index (χ3n) is 5.32. The standard InChI is InChI=1S/C23H28N2O4/c1-28-20-9-8-18(14-21(20)29-2)15-22(26)24-16-17-10-12-25(13-11-17)23(27)19-6-4-3-5-7-19/h3-9,14,17H,10-13,15-16H2,1-2H3,(H,24,26). The van der Waals surface area contributed by atoms with E-state index in [1.807, 2.05) is 47.4 Å². The fourth-order valence-corrected chi connectivity index (χ4v) is 3.60. The van der Waals surface area contributed by atoms with Crippen LogP contribution in [0.4, 0.5) is 0 Å². The Labute approximate surface area is 171 Å². The number of benzene rings is 2. The molecule has 6 nitrogen and oxygen atoms in total. The van der Waals surface area contributed by atoms with Gasteiger partial charge < -0.3 is 19.7 Å². The Bertz CT molecular complexity index is 830. The molecule has 1 heterocycles. The molecule has 1 saturated heterocycles. The van der Waals surface area contributed by atoms with E-state index in [9.17, 15) is 9.59 Å². The number of carbonyl (C=O) groups is 2. The molecule has 1 fully saturated rings. The third-order valence-corrected chi connectivity index (χ3v) is 5.32. The van der Waals surface area contributed by atoms with Crippen LogP contribution in [0.5, 0.6) is 11.5 Å². The molecule has 29 heavy (non-hydrogen) atoms. The molecule has 0 atom stereocenters. The highest BCUT2D eigenvalue weighted by Crippen LogP contribution is 2.27. The largest absolute Gasteiger partial charge is 0.493 e. The van der Waals surface area contributed by atoms with E-state index in [-0.39, 0.29) is 11.8 Å². The van der Waals surface area contributed by atoms with Crippen molar-refractivity contribution in [3.63, 3.8) is 0 Å². The van der Waals surface area contributed by atoms with Crippen LogP contribution in [0.15, 0.2) is 48.5 Å². The summed E-state index contributed by atoms with van der Waals surface area (Å²) in [6.45, 7) is 2.09. The molecule has 0 unspecified atom stereocenters. The second kappa shape index (κ2) is 9.96. The topological polar surface area (TPSA) is 67.9 Å².